The standard InChI is InChI=1S/C15H12FNO3/c16-12-3-1-2-11(8-12)10-20-14-6-4-13(17-9-14)5-7-15(18)19/h1-9H,10H2,(H,18,19). The van der Waals surface area contributed by atoms with Gasteiger partial charge in [0.2, 0.25) is 0 Å². The Balaban J connectivity index is 1.95. The van der Waals surface area contributed by atoms with Gasteiger partial charge in [-0.2, -0.15) is 0 Å². The molecule has 1 N–H and O–H groups in total. The van der Waals surface area contributed by atoms with Crippen LogP contribution in [-0.2, 0) is 11.4 Å². The molecule has 0 unspecified atom stereocenters. The average Bonchev–Trinajstić information content (AvgIpc) is 2.44. The van der Waals surface area contributed by atoms with Gasteiger partial charge in [0.25, 0.3) is 0 Å². The molecule has 0 bridgehead atoms. The van der Waals surface area contributed by atoms with Crippen LogP contribution in [0.3, 0.4) is 0 Å². The first kappa shape index (κ1) is 13.7. The summed E-state index contributed by atoms with van der Waals surface area (Å²) in [7, 11) is 0. The molecule has 0 amide bonds. The third-order valence-electron chi connectivity index (χ3n) is 2.45. The number of carbonyl (C=O) groups is 1. The van der Waals surface area contributed by atoms with Gasteiger partial charge in [0.05, 0.1) is 11.9 Å². The highest BCUT2D eigenvalue weighted by Gasteiger charge is 1.98. The number of rotatable bonds is 5. The van der Waals surface area contributed by atoms with E-state index in [0.717, 1.165) is 11.6 Å². The number of carboxylic acids is 1. The molecule has 20 heavy (non-hydrogen) atoms. The number of hydrogen-bond acceptors (Lipinski definition) is 3. The van der Waals surface area contributed by atoms with E-state index in [0.29, 0.717) is 11.4 Å². The molecular formula is C15H12FNO3. The molecule has 0 aliphatic heterocycles. The fraction of sp³-hybridized carbons (Fsp3) is 0.0667. The highest BCUT2D eigenvalue weighted by Crippen LogP contribution is 2.13. The number of aromatic nitrogens is 1. The molecule has 2 aromatic rings. The molecule has 0 saturated carbocycles. The first-order valence-corrected chi connectivity index (χ1v) is 5.88. The van der Waals surface area contributed by atoms with E-state index in [1.165, 1.54) is 24.4 Å². The summed E-state index contributed by atoms with van der Waals surface area (Å²) in [5, 5.41) is 8.49. The van der Waals surface area contributed by atoms with Gasteiger partial charge in [-0.1, -0.05) is 12.1 Å². The Kier molecular flexibility index (Phi) is 4.44. The first-order chi connectivity index (χ1) is 9.63. The summed E-state index contributed by atoms with van der Waals surface area (Å²) in [6, 6.07) is 9.47. The van der Waals surface area contributed by atoms with Gasteiger partial charge >= 0.3 is 5.97 Å². The van der Waals surface area contributed by atoms with E-state index in [-0.39, 0.29) is 12.4 Å². The minimum atomic E-state index is -1.03. The quantitative estimate of drug-likeness (QED) is 0.851. The number of hydrogen-bond donors (Lipinski definition) is 1. The van der Waals surface area contributed by atoms with Crippen LogP contribution in [0.15, 0.2) is 48.7 Å². The second kappa shape index (κ2) is 6.47. The van der Waals surface area contributed by atoms with Gasteiger partial charge < -0.3 is 9.84 Å². The van der Waals surface area contributed by atoms with Gasteiger partial charge in [-0.25, -0.2) is 9.18 Å². The van der Waals surface area contributed by atoms with Crippen molar-refractivity contribution in [1.29, 1.82) is 0 Å². The topological polar surface area (TPSA) is 59.4 Å². The average molecular weight is 273 g/mol. The normalized spacial score (nSPS) is 10.7. The maximum Gasteiger partial charge on any atom is 0.328 e. The fourth-order valence-electron chi connectivity index (χ4n) is 1.53. The van der Waals surface area contributed by atoms with Crippen LogP contribution in [0.2, 0.25) is 0 Å². The molecule has 1 aromatic carbocycles. The maximum absolute atomic E-state index is 13.0. The Morgan fingerprint density at radius 3 is 2.85 bits per heavy atom. The van der Waals surface area contributed by atoms with Gasteiger partial charge in [-0.3, -0.25) is 4.98 Å². The van der Waals surface area contributed by atoms with Crippen molar-refractivity contribution in [2.24, 2.45) is 0 Å². The van der Waals surface area contributed by atoms with Crippen molar-refractivity contribution in [3.8, 4) is 5.75 Å². The van der Waals surface area contributed by atoms with Crippen molar-refractivity contribution < 1.29 is 19.0 Å². The van der Waals surface area contributed by atoms with Crippen LogP contribution in [0.25, 0.3) is 6.08 Å². The monoisotopic (exact) mass is 273 g/mol. The zero-order chi connectivity index (χ0) is 14.4. The van der Waals surface area contributed by atoms with Crippen molar-refractivity contribution in [2.45, 2.75) is 6.61 Å². The number of pyridine rings is 1. The van der Waals surface area contributed by atoms with Crippen LogP contribution in [-0.4, -0.2) is 16.1 Å². The Morgan fingerprint density at radius 1 is 1.35 bits per heavy atom. The molecule has 0 aliphatic rings. The molecule has 2 rings (SSSR count). The number of benzene rings is 1. The van der Waals surface area contributed by atoms with Crippen LogP contribution in [0.1, 0.15) is 11.3 Å². The van der Waals surface area contributed by atoms with Crippen molar-refractivity contribution in [3.05, 3.63) is 65.7 Å². The largest absolute Gasteiger partial charge is 0.487 e. The zero-order valence-corrected chi connectivity index (χ0v) is 10.5. The van der Waals surface area contributed by atoms with Crippen molar-refractivity contribution in [3.63, 3.8) is 0 Å². The summed E-state index contributed by atoms with van der Waals surface area (Å²) in [5.74, 6) is -0.807. The molecule has 0 aliphatic carbocycles. The third kappa shape index (κ3) is 4.20. The van der Waals surface area contributed by atoms with Gasteiger partial charge in [-0.15, -0.1) is 0 Å². The second-order valence-corrected chi connectivity index (χ2v) is 4.01. The molecule has 1 aromatic heterocycles. The van der Waals surface area contributed by atoms with E-state index in [2.05, 4.69) is 4.98 Å². The molecular weight excluding hydrogens is 261 g/mol. The minimum absolute atomic E-state index is 0.240. The molecule has 5 heteroatoms. The zero-order valence-electron chi connectivity index (χ0n) is 10.5. The lowest BCUT2D eigenvalue weighted by molar-refractivity contribution is -0.131. The summed E-state index contributed by atoms with van der Waals surface area (Å²) in [6.07, 6.45) is 3.88. The second-order valence-electron chi connectivity index (χ2n) is 4.01. The van der Waals surface area contributed by atoms with Crippen molar-refractivity contribution >= 4 is 12.0 Å². The molecule has 0 saturated heterocycles. The summed E-state index contributed by atoms with van der Waals surface area (Å²) in [6.45, 7) is 0.240. The highest BCUT2D eigenvalue weighted by molar-refractivity contribution is 5.84. The Labute approximate surface area is 115 Å². The van der Waals surface area contributed by atoms with E-state index >= 15 is 0 Å². The van der Waals surface area contributed by atoms with Crippen LogP contribution in [0, 0.1) is 5.82 Å². The van der Waals surface area contributed by atoms with Crippen molar-refractivity contribution in [1.82, 2.24) is 4.98 Å². The smallest absolute Gasteiger partial charge is 0.328 e. The molecule has 102 valence electrons. The minimum Gasteiger partial charge on any atom is -0.487 e. The maximum atomic E-state index is 13.0. The number of halogens is 1. The number of aliphatic carboxylic acids is 1. The number of ether oxygens (including phenoxy) is 1. The molecule has 0 spiro atoms. The summed E-state index contributed by atoms with van der Waals surface area (Å²) in [5.41, 5.74) is 1.24. The lowest BCUT2D eigenvalue weighted by Crippen LogP contribution is -1.96. The van der Waals surface area contributed by atoms with Gasteiger partial charge in [0.1, 0.15) is 18.2 Å². The number of nitrogens with zero attached hydrogens (tertiary/aromatic N) is 1. The van der Waals surface area contributed by atoms with E-state index < -0.39 is 5.97 Å². The summed E-state index contributed by atoms with van der Waals surface area (Å²) >= 11 is 0. The predicted molar refractivity (Wildman–Crippen MR) is 71.6 cm³/mol. The van der Waals surface area contributed by atoms with Crippen LogP contribution < -0.4 is 4.74 Å². The van der Waals surface area contributed by atoms with E-state index in [9.17, 15) is 9.18 Å². The first-order valence-electron chi connectivity index (χ1n) is 5.88. The summed E-state index contributed by atoms with van der Waals surface area (Å²) < 4.78 is 18.4. The van der Waals surface area contributed by atoms with Gasteiger partial charge in [0.15, 0.2) is 0 Å². The van der Waals surface area contributed by atoms with Gasteiger partial charge in [0, 0.05) is 6.08 Å². The van der Waals surface area contributed by atoms with E-state index in [1.807, 2.05) is 0 Å². The van der Waals surface area contributed by atoms with E-state index in [4.69, 9.17) is 9.84 Å². The molecule has 0 atom stereocenters. The molecule has 0 radical (unpaired) electrons. The fourth-order valence-corrected chi connectivity index (χ4v) is 1.53. The lowest BCUT2D eigenvalue weighted by Gasteiger charge is -2.06. The lowest BCUT2D eigenvalue weighted by atomic mass is 10.2. The number of carboxylic acid groups (broad SMARTS) is 1. The molecule has 1 heterocycles. The highest BCUT2D eigenvalue weighted by atomic mass is 19.1. The van der Waals surface area contributed by atoms with E-state index in [1.54, 1.807) is 24.3 Å². The van der Waals surface area contributed by atoms with Gasteiger partial charge in [-0.05, 0) is 35.9 Å². The van der Waals surface area contributed by atoms with Crippen LogP contribution in [0.5, 0.6) is 5.75 Å². The predicted octanol–water partition coefficient (Wildman–Crippen LogP) is 2.90. The summed E-state index contributed by atoms with van der Waals surface area (Å²) in [4.78, 5) is 14.4. The van der Waals surface area contributed by atoms with Crippen LogP contribution >= 0.6 is 0 Å². The van der Waals surface area contributed by atoms with Crippen molar-refractivity contribution in [2.75, 3.05) is 0 Å². The Bertz CT molecular complexity index is 623. The molecule has 4 nitrogen and oxygen atoms in total. The van der Waals surface area contributed by atoms with Crippen LogP contribution in [0.4, 0.5) is 4.39 Å². The third-order valence-corrected chi connectivity index (χ3v) is 2.45. The SMILES string of the molecule is O=C(O)C=Cc1ccc(OCc2cccc(F)c2)cn1. The molecule has 0 fully saturated rings. The Morgan fingerprint density at radius 2 is 2.20 bits per heavy atom. The Hall–Kier alpha value is -2.69.